The number of nitrogens with zero attached hydrogens (tertiary/aromatic N) is 4. The molecule has 0 unspecified atom stereocenters. The van der Waals surface area contributed by atoms with Crippen LogP contribution in [0.5, 0.6) is 0 Å². The van der Waals surface area contributed by atoms with E-state index in [0.717, 1.165) is 11.1 Å². The second-order valence-electron chi connectivity index (χ2n) is 8.86. The van der Waals surface area contributed by atoms with Gasteiger partial charge < -0.3 is 5.32 Å². The van der Waals surface area contributed by atoms with E-state index in [9.17, 15) is 4.79 Å². The Morgan fingerprint density at radius 1 is 1.18 bits per heavy atom. The van der Waals surface area contributed by atoms with Gasteiger partial charge in [0.05, 0.1) is 27.2 Å². The zero-order valence-electron chi connectivity index (χ0n) is 18.5. The number of benzene rings is 2. The number of rotatable bonds is 5. The first-order valence-electron chi connectivity index (χ1n) is 10.5. The molecule has 3 aromatic rings. The van der Waals surface area contributed by atoms with Crippen molar-refractivity contribution in [2.75, 3.05) is 11.1 Å². The quantitative estimate of drug-likeness (QED) is 0.356. The standard InChI is InChI=1S/C24H23Cl2N5OS/c1-24(2,3)17-9-11-21(19(26)13-17)31-23(28-29-30-31)33-14-22(32)27-20-10-8-16(12-18(20)25)7-6-15-4-5-15/h8-13,15H,4-5,14H2,1-3H3,(H,27,32). The lowest BCUT2D eigenvalue weighted by Crippen LogP contribution is -2.15. The summed E-state index contributed by atoms with van der Waals surface area (Å²) in [6, 6.07) is 11.2. The number of hydrogen-bond donors (Lipinski definition) is 1. The third-order valence-electron chi connectivity index (χ3n) is 5.06. The Bertz CT molecular complexity index is 1250. The highest BCUT2D eigenvalue weighted by molar-refractivity contribution is 7.99. The maximum Gasteiger partial charge on any atom is 0.234 e. The molecule has 4 rings (SSSR count). The number of tetrazole rings is 1. The molecule has 0 aliphatic heterocycles. The normalized spacial score (nSPS) is 13.4. The van der Waals surface area contributed by atoms with Crippen LogP contribution in [0, 0.1) is 17.8 Å². The molecule has 0 radical (unpaired) electrons. The van der Waals surface area contributed by atoms with Crippen LogP contribution in [0.2, 0.25) is 10.0 Å². The van der Waals surface area contributed by atoms with Crippen LogP contribution >= 0.6 is 35.0 Å². The van der Waals surface area contributed by atoms with Crippen molar-refractivity contribution in [2.45, 2.75) is 44.2 Å². The van der Waals surface area contributed by atoms with E-state index >= 15 is 0 Å². The van der Waals surface area contributed by atoms with Gasteiger partial charge in [-0.25, -0.2) is 0 Å². The molecule has 1 amide bonds. The monoisotopic (exact) mass is 499 g/mol. The molecule has 1 heterocycles. The van der Waals surface area contributed by atoms with Gasteiger partial charge in [-0.3, -0.25) is 4.79 Å². The first-order chi connectivity index (χ1) is 15.7. The lowest BCUT2D eigenvalue weighted by molar-refractivity contribution is -0.113. The van der Waals surface area contributed by atoms with E-state index in [1.807, 2.05) is 24.3 Å². The lowest BCUT2D eigenvalue weighted by Gasteiger charge is -2.20. The number of anilines is 1. The highest BCUT2D eigenvalue weighted by Gasteiger charge is 2.19. The highest BCUT2D eigenvalue weighted by atomic mass is 35.5. The molecule has 33 heavy (non-hydrogen) atoms. The average molecular weight is 500 g/mol. The average Bonchev–Trinajstić information content (AvgIpc) is 3.48. The smallest absolute Gasteiger partial charge is 0.234 e. The predicted octanol–water partition coefficient (Wildman–Crippen LogP) is 5.76. The van der Waals surface area contributed by atoms with Crippen molar-refractivity contribution >= 4 is 46.6 Å². The summed E-state index contributed by atoms with van der Waals surface area (Å²) in [5, 5.41) is 16.1. The fourth-order valence-electron chi connectivity index (χ4n) is 2.99. The Morgan fingerprint density at radius 3 is 2.64 bits per heavy atom. The highest BCUT2D eigenvalue weighted by Crippen LogP contribution is 2.31. The molecule has 0 bridgehead atoms. The molecule has 1 N–H and O–H groups in total. The Hall–Kier alpha value is -2.53. The van der Waals surface area contributed by atoms with Gasteiger partial charge in [0.25, 0.3) is 0 Å². The molecular weight excluding hydrogens is 477 g/mol. The molecule has 6 nitrogen and oxygen atoms in total. The molecular formula is C24H23Cl2N5OS. The van der Waals surface area contributed by atoms with E-state index in [-0.39, 0.29) is 17.1 Å². The summed E-state index contributed by atoms with van der Waals surface area (Å²) in [5.41, 5.74) is 3.12. The second kappa shape index (κ2) is 9.76. The summed E-state index contributed by atoms with van der Waals surface area (Å²) in [7, 11) is 0. The SMILES string of the molecule is CC(C)(C)c1ccc(-n2nnnc2SCC(=O)Nc2ccc(C#CC3CC3)cc2Cl)c(Cl)c1. The van der Waals surface area contributed by atoms with Crippen LogP contribution in [0.3, 0.4) is 0 Å². The Kier molecular flexibility index (Phi) is 6.99. The van der Waals surface area contributed by atoms with Crippen molar-refractivity contribution in [3.05, 3.63) is 57.6 Å². The molecule has 1 saturated carbocycles. The summed E-state index contributed by atoms with van der Waals surface area (Å²) < 4.78 is 1.53. The van der Waals surface area contributed by atoms with Crippen molar-refractivity contribution in [1.82, 2.24) is 20.2 Å². The van der Waals surface area contributed by atoms with E-state index in [4.69, 9.17) is 23.2 Å². The molecule has 1 aliphatic rings. The van der Waals surface area contributed by atoms with E-state index < -0.39 is 0 Å². The van der Waals surface area contributed by atoms with E-state index in [1.165, 1.54) is 29.3 Å². The topological polar surface area (TPSA) is 72.7 Å². The molecule has 1 fully saturated rings. The number of thioether (sulfide) groups is 1. The Labute approximate surface area is 207 Å². The fourth-order valence-corrected chi connectivity index (χ4v) is 4.16. The maximum absolute atomic E-state index is 12.5. The second-order valence-corrected chi connectivity index (χ2v) is 10.6. The van der Waals surface area contributed by atoms with E-state index in [2.05, 4.69) is 53.5 Å². The van der Waals surface area contributed by atoms with Crippen molar-refractivity contribution in [2.24, 2.45) is 5.92 Å². The summed E-state index contributed by atoms with van der Waals surface area (Å²) in [6.45, 7) is 6.36. The number of carbonyl (C=O) groups excluding carboxylic acids is 1. The maximum atomic E-state index is 12.5. The van der Waals surface area contributed by atoms with Crippen LogP contribution in [-0.2, 0) is 10.2 Å². The van der Waals surface area contributed by atoms with Crippen LogP contribution in [-0.4, -0.2) is 31.9 Å². The van der Waals surface area contributed by atoms with Crippen LogP contribution in [0.4, 0.5) is 5.69 Å². The molecule has 1 aliphatic carbocycles. The lowest BCUT2D eigenvalue weighted by atomic mass is 9.87. The van der Waals surface area contributed by atoms with Crippen LogP contribution in [0.15, 0.2) is 41.6 Å². The fraction of sp³-hybridized carbons (Fsp3) is 0.333. The van der Waals surface area contributed by atoms with Crippen molar-refractivity contribution in [3.63, 3.8) is 0 Å². The van der Waals surface area contributed by atoms with Gasteiger partial charge in [0, 0.05) is 11.5 Å². The first-order valence-corrected chi connectivity index (χ1v) is 12.3. The van der Waals surface area contributed by atoms with Crippen LogP contribution < -0.4 is 5.32 Å². The summed E-state index contributed by atoms with van der Waals surface area (Å²) >= 11 is 14.1. The minimum Gasteiger partial charge on any atom is -0.324 e. The Balaban J connectivity index is 1.40. The third kappa shape index (κ3) is 6.08. The number of aromatic nitrogens is 4. The number of nitrogens with one attached hydrogen (secondary N) is 1. The van der Waals surface area contributed by atoms with Crippen molar-refractivity contribution in [3.8, 4) is 17.5 Å². The van der Waals surface area contributed by atoms with Gasteiger partial charge in [-0.05, 0) is 64.6 Å². The summed E-state index contributed by atoms with van der Waals surface area (Å²) in [5.74, 6) is 6.73. The van der Waals surface area contributed by atoms with Gasteiger partial charge in [-0.15, -0.1) is 5.10 Å². The molecule has 0 saturated heterocycles. The van der Waals surface area contributed by atoms with Crippen molar-refractivity contribution < 1.29 is 4.79 Å². The van der Waals surface area contributed by atoms with E-state index in [1.54, 1.807) is 12.1 Å². The number of halogens is 2. The van der Waals surface area contributed by atoms with Crippen LogP contribution in [0.25, 0.3) is 5.69 Å². The molecule has 1 aromatic heterocycles. The minimum absolute atomic E-state index is 0.0261. The summed E-state index contributed by atoms with van der Waals surface area (Å²) in [4.78, 5) is 12.5. The number of amides is 1. The number of hydrogen-bond acceptors (Lipinski definition) is 5. The molecule has 170 valence electrons. The van der Waals surface area contributed by atoms with Gasteiger partial charge in [-0.2, -0.15) is 4.68 Å². The van der Waals surface area contributed by atoms with Crippen LogP contribution in [0.1, 0.15) is 44.7 Å². The molecule has 0 spiro atoms. The van der Waals surface area contributed by atoms with Gasteiger partial charge in [-0.1, -0.05) is 73.6 Å². The predicted molar refractivity (Wildman–Crippen MR) is 133 cm³/mol. The molecule has 9 heteroatoms. The summed E-state index contributed by atoms with van der Waals surface area (Å²) in [6.07, 6.45) is 2.34. The molecule has 2 aromatic carbocycles. The minimum atomic E-state index is -0.220. The van der Waals surface area contributed by atoms with Gasteiger partial charge in [0.1, 0.15) is 0 Å². The van der Waals surface area contributed by atoms with Gasteiger partial charge in [0.2, 0.25) is 11.1 Å². The zero-order chi connectivity index (χ0) is 23.6. The Morgan fingerprint density at radius 2 is 1.97 bits per heavy atom. The largest absolute Gasteiger partial charge is 0.324 e. The van der Waals surface area contributed by atoms with E-state index in [0.29, 0.717) is 32.5 Å². The third-order valence-corrected chi connectivity index (χ3v) is 6.59. The zero-order valence-corrected chi connectivity index (χ0v) is 20.9. The van der Waals surface area contributed by atoms with Gasteiger partial charge in [0.15, 0.2) is 0 Å². The van der Waals surface area contributed by atoms with Gasteiger partial charge >= 0.3 is 0 Å². The number of carbonyl (C=O) groups is 1. The first kappa shape index (κ1) is 23.6. The molecule has 0 atom stereocenters. The van der Waals surface area contributed by atoms with Crippen molar-refractivity contribution in [1.29, 1.82) is 0 Å².